The lowest BCUT2D eigenvalue weighted by atomic mass is 9.85. The minimum absolute atomic E-state index is 0.0132. The number of ether oxygens (including phenoxy) is 4. The molecule has 95 heavy (non-hydrogen) atoms. The van der Waals surface area contributed by atoms with Crippen molar-refractivity contribution in [3.8, 4) is 68.5 Å². The number of carbonyl (C=O) groups excluding carboxylic acids is 3. The van der Waals surface area contributed by atoms with Gasteiger partial charge in [0.15, 0.2) is 56.5 Å². The summed E-state index contributed by atoms with van der Waals surface area (Å²) in [6, 6.07) is 21.6. The largest absolute Gasteiger partial charge is 0.494 e. The van der Waals surface area contributed by atoms with Gasteiger partial charge in [0.05, 0.1) is 82.6 Å². The maximum Gasteiger partial charge on any atom is 0.314 e. The average molecular weight is 1380 g/mol. The Morgan fingerprint density at radius 1 is 0.611 bits per heavy atom. The lowest BCUT2D eigenvalue weighted by Gasteiger charge is -2.44. The van der Waals surface area contributed by atoms with Crippen molar-refractivity contribution in [1.29, 1.82) is 0 Å². The number of aromatic nitrogens is 16. The molecule has 4 amide bonds. The first-order valence-electron chi connectivity index (χ1n) is 31.2. The van der Waals surface area contributed by atoms with E-state index in [1.54, 1.807) is 53.4 Å². The Balaban J connectivity index is 0.000000203. The summed E-state index contributed by atoms with van der Waals surface area (Å²) in [6.07, 6.45) is 4.65. The fourth-order valence-electron chi connectivity index (χ4n) is 8.27. The molecule has 0 radical (unpaired) electrons. The Kier molecular flexibility index (Phi) is 21.0. The summed E-state index contributed by atoms with van der Waals surface area (Å²) in [4.78, 5) is 71.5. The second-order valence-electron chi connectivity index (χ2n) is 19.4. The van der Waals surface area contributed by atoms with Crippen LogP contribution in [0, 0.1) is 25.6 Å². The third-order valence-electron chi connectivity index (χ3n) is 12.3. The molecule has 1 aliphatic heterocycles. The van der Waals surface area contributed by atoms with Crippen molar-refractivity contribution in [3.63, 3.8) is 0 Å². The molecule has 1 fully saturated rings. The van der Waals surface area contributed by atoms with Crippen LogP contribution in [-0.4, -0.2) is 168 Å². The predicted octanol–water partition coefficient (Wildman–Crippen LogP) is 7.45. The van der Waals surface area contributed by atoms with Gasteiger partial charge in [0.1, 0.15) is 25.3 Å². The number of nitrogen functional groups attached to an aromatic ring is 1. The summed E-state index contributed by atoms with van der Waals surface area (Å²) in [5.74, 6) is 0.989. The van der Waals surface area contributed by atoms with E-state index in [1.807, 2.05) is 0 Å². The molecule has 35 nitrogen and oxygen atoms in total. The molecule has 0 bridgehead atoms. The molecule has 8 N–H and O–H groups in total. The topological polar surface area (TPSA) is 451 Å². The average Bonchev–Trinajstić information content (AvgIpc) is 1.42. The third kappa shape index (κ3) is 19.2. The van der Waals surface area contributed by atoms with Crippen molar-refractivity contribution in [2.24, 2.45) is 32.1 Å². The van der Waals surface area contributed by atoms with Gasteiger partial charge in [-0.15, -0.1) is 20.4 Å². The smallest absolute Gasteiger partial charge is 0.314 e. The molecule has 1 saturated heterocycles. The molecule has 11 rings (SSSR count). The molecule has 0 saturated carbocycles. The summed E-state index contributed by atoms with van der Waals surface area (Å²) in [5.41, 5.74) is 13.8. The van der Waals surface area contributed by atoms with Crippen LogP contribution in [-0.2, 0) is 20.9 Å². The maximum atomic E-state index is 12.1. The van der Waals surface area contributed by atoms with E-state index >= 15 is 0 Å². The second-order valence-corrected chi connectivity index (χ2v) is 20.5. The van der Waals surface area contributed by atoms with Gasteiger partial charge in [-0.25, -0.2) is 24.7 Å². The van der Waals surface area contributed by atoms with Crippen LogP contribution in [0.3, 0.4) is 0 Å². The number of primary amides is 1. The van der Waals surface area contributed by atoms with E-state index in [0.29, 0.717) is 61.2 Å². The molecule has 38 heteroatoms. The fourth-order valence-corrected chi connectivity index (χ4v) is 8.85. The van der Waals surface area contributed by atoms with Crippen molar-refractivity contribution in [2.45, 2.75) is 13.8 Å². The van der Waals surface area contributed by atoms with E-state index in [1.165, 1.54) is 85.3 Å². The zero-order valence-corrected chi connectivity index (χ0v) is 53.4. The van der Waals surface area contributed by atoms with Crippen molar-refractivity contribution < 1.29 is 55.5 Å². The summed E-state index contributed by atoms with van der Waals surface area (Å²) < 4.78 is 88.6. The van der Waals surface area contributed by atoms with Gasteiger partial charge < -0.3 is 51.3 Å². The Bertz CT molecular complexity index is 4650. The number of likely N-dealkylation sites (tertiary alicyclic amines) is 1. The monoisotopic (exact) mass is 1370 g/mol. The first-order valence-corrected chi connectivity index (χ1v) is 27.9. The number of para-hydroxylation sites is 4. The van der Waals surface area contributed by atoms with E-state index < -0.39 is 36.7 Å². The van der Waals surface area contributed by atoms with Gasteiger partial charge in [-0.2, -0.15) is 20.4 Å². The van der Waals surface area contributed by atoms with Crippen molar-refractivity contribution in [1.82, 2.24) is 95.4 Å². The highest BCUT2D eigenvalue weighted by atomic mass is 35.5. The van der Waals surface area contributed by atoms with Gasteiger partial charge in [0.2, 0.25) is 11.5 Å². The number of H-pyrrole nitrogens is 1. The number of amides is 4. The molecule has 498 valence electrons. The van der Waals surface area contributed by atoms with Gasteiger partial charge in [-0.3, -0.25) is 49.0 Å². The molecular formula is C57H63Cl3N24O11. The highest BCUT2D eigenvalue weighted by Gasteiger charge is 2.36. The minimum atomic E-state index is -2.46. The molecule has 0 unspecified atom stereocenters. The Morgan fingerprint density at radius 2 is 1.05 bits per heavy atom. The summed E-state index contributed by atoms with van der Waals surface area (Å²) >= 11 is 17.1. The van der Waals surface area contributed by atoms with Crippen LogP contribution >= 0.6 is 34.8 Å². The number of hydrogen-bond donors (Lipinski definition) is 6. The van der Waals surface area contributed by atoms with Crippen LogP contribution in [0.4, 0.5) is 33.2 Å². The van der Waals surface area contributed by atoms with E-state index in [4.69, 9.17) is 77.6 Å². The number of urea groups is 1. The number of halogens is 3. The first-order chi connectivity index (χ1) is 48.9. The Labute approximate surface area is 568 Å². The van der Waals surface area contributed by atoms with Gasteiger partial charge in [-0.1, -0.05) is 72.9 Å². The zero-order chi connectivity index (χ0) is 77.2. The number of nitrogens with zero attached hydrogens (tertiary/aromatic N) is 18. The van der Waals surface area contributed by atoms with Crippen LogP contribution < -0.4 is 46.4 Å². The second kappa shape index (κ2) is 33.6. The highest BCUT2D eigenvalue weighted by molar-refractivity contribution is 6.35. The number of nitro groups is 2. The molecule has 7 heterocycles. The van der Waals surface area contributed by atoms with Crippen LogP contribution in [0.1, 0.15) is 47.2 Å². The molecule has 6 aromatic heterocycles. The molecule has 0 spiro atoms. The number of aryl methyl sites for hydroxylation is 3. The maximum absolute atomic E-state index is 12.1. The Morgan fingerprint density at radius 3 is 1.47 bits per heavy atom. The third-order valence-corrected chi connectivity index (χ3v) is 13.0. The number of nitrogens with two attached hydrogens (primary N) is 2. The van der Waals surface area contributed by atoms with Crippen LogP contribution in [0.15, 0.2) is 110 Å². The number of aromatic amines is 1. The summed E-state index contributed by atoms with van der Waals surface area (Å²) in [6.45, 7) is -1.40. The molecular weight excluding hydrogens is 1300 g/mol. The van der Waals surface area contributed by atoms with Crippen molar-refractivity contribution in [2.75, 3.05) is 66.7 Å². The zero-order valence-electron chi connectivity index (χ0n) is 60.1. The number of nitro benzene ring substituents is 2. The standard InChI is InChI=1S/C16H16ClN7O2.C10H10N4O3.C10H12N4O.C9H8N4O3.C6H5Cl2N3O.C6H12N2O/c1-18-16(25)13-11(7-12(17)21-22-13)20-10-6-4-5-9(14(10)26-3)15-19-8-24(2)23-15;1-13-6-11-10(12-13)7-4-3-5-8(14(15)16)9(7)17-2;1-14-6-12-10(13-14)7-4-3-5-8(11)9(7)15-2;1-16-8-6(9-10-5-11-12-9)3-2-4-7(8)13(14)15;1-9-6(12)5-3(7)2-4(8)10-11-5;1-6(2)3-8(4-6)5(7)9/h4-8H,1-3H3,(H,18,25)(H,20,21);3-6H,1-2H3;3-6H,11H2,1-2H3;2-5H,1H3,(H,10,11,12);2H,1H3,(H,9,12);3-4H2,1-2H3,(H2,7,9)/i2D3;2*1D3;;;. The number of nitrogens with one attached hydrogen (secondary N) is 4. The van der Waals surface area contributed by atoms with Crippen LogP contribution in [0.5, 0.6) is 23.0 Å². The van der Waals surface area contributed by atoms with Gasteiger partial charge in [0, 0.05) is 84.1 Å². The summed E-state index contributed by atoms with van der Waals surface area (Å²) in [5, 5.41) is 62.6. The highest BCUT2D eigenvalue weighted by Crippen LogP contribution is 2.39. The summed E-state index contributed by atoms with van der Waals surface area (Å²) in [7, 11) is 8.54. The van der Waals surface area contributed by atoms with E-state index in [0.717, 1.165) is 41.4 Å². The number of rotatable bonds is 14. The van der Waals surface area contributed by atoms with E-state index in [-0.39, 0.29) is 84.6 Å². The molecule has 0 atom stereocenters. The molecule has 0 aliphatic carbocycles. The first kappa shape index (κ1) is 59.6. The normalized spacial score (nSPS) is 13.2. The SMILES string of the molecule is CC1(C)CN(C(N)=O)C1.CNC(=O)c1nnc(Cl)cc1Cl.COc1c(-c2ncn[nH]2)cccc1[N+](=O)[O-].[2H]C([2H])([2H])n1cnc(-c2cccc(N)c2OC)n1.[2H]C([2H])([2H])n1cnc(-c2cccc(Nc3cc(Cl)nnc3C(=O)NC)c2OC)n1.[2H]C([2H])([2H])n1cnc(-c2cccc([N+](=O)[O-])c2OC)n1. The lowest BCUT2D eigenvalue weighted by molar-refractivity contribution is -0.385. The number of anilines is 3. The fraction of sp³-hybridized carbons (Fsp3) is 0.246. The number of carbonyl (C=O) groups is 3. The van der Waals surface area contributed by atoms with Crippen LogP contribution in [0.2, 0.25) is 15.3 Å². The Hall–Kier alpha value is -11.7. The van der Waals surface area contributed by atoms with E-state index in [9.17, 15) is 34.6 Å². The predicted molar refractivity (Wildman–Crippen MR) is 349 cm³/mol. The van der Waals surface area contributed by atoms with Gasteiger partial charge in [-0.05, 0) is 42.5 Å². The van der Waals surface area contributed by atoms with Crippen molar-refractivity contribution in [3.05, 3.63) is 157 Å². The van der Waals surface area contributed by atoms with E-state index in [2.05, 4.69) is 95.6 Å². The van der Waals surface area contributed by atoms with Crippen molar-refractivity contribution >= 4 is 81.1 Å². The minimum Gasteiger partial charge on any atom is -0.494 e. The lowest BCUT2D eigenvalue weighted by Crippen LogP contribution is -2.57. The van der Waals surface area contributed by atoms with Gasteiger partial charge in [0.25, 0.3) is 11.8 Å². The molecule has 4 aromatic carbocycles. The quantitative estimate of drug-likeness (QED) is 0.0349. The number of methoxy groups -OCH3 is 4. The molecule has 10 aromatic rings. The number of benzene rings is 4. The van der Waals surface area contributed by atoms with Crippen LogP contribution in [0.25, 0.3) is 45.6 Å². The molecule has 1 aliphatic rings. The van der Waals surface area contributed by atoms with Gasteiger partial charge >= 0.3 is 17.4 Å². The number of hydrogen-bond acceptors (Lipinski definition) is 25.